The fraction of sp³-hybridized carbons (Fsp3) is 0.500. The predicted octanol–water partition coefficient (Wildman–Crippen LogP) is 2.41. The van der Waals surface area contributed by atoms with E-state index in [1.165, 1.54) is 19.3 Å². The van der Waals surface area contributed by atoms with Crippen molar-refractivity contribution in [1.82, 2.24) is 4.98 Å². The van der Waals surface area contributed by atoms with Crippen LogP contribution in [0.25, 0.3) is 0 Å². The van der Waals surface area contributed by atoms with Gasteiger partial charge in [0.1, 0.15) is 10.8 Å². The molecule has 0 saturated heterocycles. The molecular weight excluding hydrogens is 250 g/mol. The number of aromatic nitrogens is 1. The summed E-state index contributed by atoms with van der Waals surface area (Å²) < 4.78 is 0. The lowest BCUT2D eigenvalue weighted by molar-refractivity contribution is 0.752. The van der Waals surface area contributed by atoms with Crippen molar-refractivity contribution in [3.63, 3.8) is 0 Å². The van der Waals surface area contributed by atoms with Crippen LogP contribution in [0.2, 0.25) is 0 Å². The number of hydrogen-bond acceptors (Lipinski definition) is 4. The second kappa shape index (κ2) is 5.69. The first-order valence-corrected chi connectivity index (χ1v) is 7.44. The molecule has 1 aromatic rings. The zero-order valence-electron chi connectivity index (χ0n) is 9.85. The van der Waals surface area contributed by atoms with Crippen LogP contribution in [0.3, 0.4) is 0 Å². The summed E-state index contributed by atoms with van der Waals surface area (Å²) in [7, 11) is 0. The minimum absolute atomic E-state index is 0.396. The van der Waals surface area contributed by atoms with Crippen LogP contribution in [0.4, 0.5) is 5.82 Å². The molecule has 2 atom stereocenters. The number of rotatable bonds is 4. The maximum atomic E-state index is 5.53. The summed E-state index contributed by atoms with van der Waals surface area (Å²) in [6.45, 7) is 0. The molecule has 0 spiro atoms. The Balaban J connectivity index is 1.93. The van der Waals surface area contributed by atoms with Gasteiger partial charge in [-0.25, -0.2) is 4.98 Å². The molecule has 17 heavy (non-hydrogen) atoms. The van der Waals surface area contributed by atoms with E-state index in [9.17, 15) is 0 Å². The number of nitrogens with one attached hydrogen (secondary N) is 1. The lowest BCUT2D eigenvalue weighted by Gasteiger charge is -2.13. The average molecular weight is 267 g/mol. The second-order valence-electron chi connectivity index (χ2n) is 4.31. The summed E-state index contributed by atoms with van der Waals surface area (Å²) in [5.41, 5.74) is 6.35. The van der Waals surface area contributed by atoms with E-state index in [1.54, 1.807) is 6.20 Å². The first-order chi connectivity index (χ1) is 8.19. The molecule has 0 bridgehead atoms. The molecular formula is C12H17N3S2. The molecule has 3 nitrogen and oxygen atoms in total. The third kappa shape index (κ3) is 3.33. The van der Waals surface area contributed by atoms with Crippen molar-refractivity contribution < 1.29 is 0 Å². The Morgan fingerprint density at radius 2 is 2.35 bits per heavy atom. The molecule has 92 valence electrons. The standard InChI is InChI=1S/C12H17N3S2/c1-17-10-4-3-9(6-10)15-11-5-2-8(7-14-11)12(13)16/h2,5,7,9-10H,3-4,6H2,1H3,(H2,13,16)(H,14,15). The van der Waals surface area contributed by atoms with Crippen LogP contribution in [-0.2, 0) is 0 Å². The smallest absolute Gasteiger partial charge is 0.126 e. The maximum Gasteiger partial charge on any atom is 0.126 e. The number of nitrogens with zero attached hydrogens (tertiary/aromatic N) is 1. The van der Waals surface area contributed by atoms with Gasteiger partial charge < -0.3 is 11.1 Å². The van der Waals surface area contributed by atoms with Gasteiger partial charge in [-0.05, 0) is 37.7 Å². The van der Waals surface area contributed by atoms with E-state index in [2.05, 4.69) is 16.6 Å². The van der Waals surface area contributed by atoms with Crippen molar-refractivity contribution in [3.05, 3.63) is 23.9 Å². The molecule has 1 fully saturated rings. The highest BCUT2D eigenvalue weighted by atomic mass is 32.2. The van der Waals surface area contributed by atoms with Crippen LogP contribution in [0.1, 0.15) is 24.8 Å². The van der Waals surface area contributed by atoms with Crippen LogP contribution in [0, 0.1) is 0 Å². The molecule has 0 radical (unpaired) electrons. The van der Waals surface area contributed by atoms with E-state index in [-0.39, 0.29) is 0 Å². The lowest BCUT2D eigenvalue weighted by atomic mass is 10.2. The van der Waals surface area contributed by atoms with Crippen LogP contribution in [0.5, 0.6) is 0 Å². The summed E-state index contributed by atoms with van der Waals surface area (Å²) in [5, 5.41) is 4.26. The van der Waals surface area contributed by atoms with Crippen molar-refractivity contribution in [3.8, 4) is 0 Å². The van der Waals surface area contributed by atoms with Gasteiger partial charge in [-0.1, -0.05) is 12.2 Å². The molecule has 0 amide bonds. The van der Waals surface area contributed by atoms with Crippen molar-refractivity contribution in [1.29, 1.82) is 0 Å². The predicted molar refractivity (Wildman–Crippen MR) is 78.7 cm³/mol. The Kier molecular flexibility index (Phi) is 4.23. The SMILES string of the molecule is CSC1CCC(Nc2ccc(C(N)=S)cn2)C1. The zero-order valence-corrected chi connectivity index (χ0v) is 11.5. The first-order valence-electron chi connectivity index (χ1n) is 5.74. The molecule has 0 aliphatic heterocycles. The van der Waals surface area contributed by atoms with Crippen molar-refractivity contribution in [2.45, 2.75) is 30.6 Å². The summed E-state index contributed by atoms with van der Waals surface area (Å²) in [6, 6.07) is 4.41. The Morgan fingerprint density at radius 1 is 1.53 bits per heavy atom. The third-order valence-corrected chi connectivity index (χ3v) is 4.45. The molecule has 1 aliphatic carbocycles. The number of thiocarbonyl (C=S) groups is 1. The number of thioether (sulfide) groups is 1. The molecule has 0 aromatic carbocycles. The molecule has 1 aromatic heterocycles. The van der Waals surface area contributed by atoms with E-state index >= 15 is 0 Å². The maximum absolute atomic E-state index is 5.53. The molecule has 1 saturated carbocycles. The number of anilines is 1. The van der Waals surface area contributed by atoms with Gasteiger partial charge in [0, 0.05) is 23.1 Å². The van der Waals surface area contributed by atoms with Crippen LogP contribution >= 0.6 is 24.0 Å². The highest BCUT2D eigenvalue weighted by Crippen LogP contribution is 2.29. The van der Waals surface area contributed by atoms with E-state index in [0.29, 0.717) is 11.0 Å². The lowest BCUT2D eigenvalue weighted by Crippen LogP contribution is -2.17. The summed E-state index contributed by atoms with van der Waals surface area (Å²) in [6.07, 6.45) is 7.65. The van der Waals surface area contributed by atoms with Gasteiger partial charge >= 0.3 is 0 Å². The third-order valence-electron chi connectivity index (χ3n) is 3.12. The monoisotopic (exact) mass is 267 g/mol. The second-order valence-corrected chi connectivity index (χ2v) is 5.89. The van der Waals surface area contributed by atoms with E-state index in [1.807, 2.05) is 23.9 Å². The van der Waals surface area contributed by atoms with E-state index in [0.717, 1.165) is 16.6 Å². The molecule has 1 aliphatic rings. The first kappa shape index (κ1) is 12.6. The fourth-order valence-electron chi connectivity index (χ4n) is 2.12. The van der Waals surface area contributed by atoms with Gasteiger partial charge in [0.15, 0.2) is 0 Å². The molecule has 3 N–H and O–H groups in total. The van der Waals surface area contributed by atoms with Gasteiger partial charge in [0.2, 0.25) is 0 Å². The number of hydrogen-bond donors (Lipinski definition) is 2. The van der Waals surface area contributed by atoms with Crippen molar-refractivity contribution in [2.75, 3.05) is 11.6 Å². The topological polar surface area (TPSA) is 50.9 Å². The Hall–Kier alpha value is -0.810. The minimum Gasteiger partial charge on any atom is -0.389 e. The van der Waals surface area contributed by atoms with Crippen LogP contribution in [0.15, 0.2) is 18.3 Å². The minimum atomic E-state index is 0.396. The molecule has 2 rings (SSSR count). The highest BCUT2D eigenvalue weighted by molar-refractivity contribution is 7.99. The van der Waals surface area contributed by atoms with Gasteiger partial charge in [-0.15, -0.1) is 0 Å². The highest BCUT2D eigenvalue weighted by Gasteiger charge is 2.23. The number of pyridine rings is 1. The normalized spacial score (nSPS) is 23.6. The van der Waals surface area contributed by atoms with Crippen LogP contribution < -0.4 is 11.1 Å². The zero-order chi connectivity index (χ0) is 12.3. The van der Waals surface area contributed by atoms with Gasteiger partial charge in [0.25, 0.3) is 0 Å². The summed E-state index contributed by atoms with van der Waals surface area (Å²) in [4.78, 5) is 4.72. The summed E-state index contributed by atoms with van der Waals surface area (Å²) in [5.74, 6) is 0.914. The Labute approximate surface area is 112 Å². The fourth-order valence-corrected chi connectivity index (χ4v) is 3.04. The van der Waals surface area contributed by atoms with Gasteiger partial charge in [-0.2, -0.15) is 11.8 Å². The van der Waals surface area contributed by atoms with Gasteiger partial charge in [0.05, 0.1) is 0 Å². The molecule has 5 heteroatoms. The van der Waals surface area contributed by atoms with Crippen molar-refractivity contribution in [2.24, 2.45) is 5.73 Å². The van der Waals surface area contributed by atoms with Gasteiger partial charge in [-0.3, -0.25) is 0 Å². The van der Waals surface area contributed by atoms with Crippen LogP contribution in [-0.4, -0.2) is 27.5 Å². The Bertz CT molecular complexity index is 391. The quantitative estimate of drug-likeness (QED) is 0.821. The largest absolute Gasteiger partial charge is 0.389 e. The molecule has 1 heterocycles. The average Bonchev–Trinajstić information content (AvgIpc) is 2.77. The Morgan fingerprint density at radius 3 is 2.88 bits per heavy atom. The van der Waals surface area contributed by atoms with Crippen molar-refractivity contribution >= 4 is 34.8 Å². The summed E-state index contributed by atoms with van der Waals surface area (Å²) >= 11 is 6.85. The van der Waals surface area contributed by atoms with E-state index < -0.39 is 0 Å². The van der Waals surface area contributed by atoms with E-state index in [4.69, 9.17) is 18.0 Å². The number of nitrogens with two attached hydrogens (primary N) is 1. The molecule has 2 unspecified atom stereocenters.